The van der Waals surface area contributed by atoms with E-state index in [9.17, 15) is 4.79 Å². The summed E-state index contributed by atoms with van der Waals surface area (Å²) in [5.74, 6) is 0.815. The van der Waals surface area contributed by atoms with Gasteiger partial charge in [0.05, 0.1) is 12.6 Å². The summed E-state index contributed by atoms with van der Waals surface area (Å²) >= 11 is 0. The van der Waals surface area contributed by atoms with Crippen LogP contribution in [0, 0.1) is 0 Å². The molecule has 0 aromatic heterocycles. The van der Waals surface area contributed by atoms with Gasteiger partial charge in [-0.15, -0.1) is 6.58 Å². The Labute approximate surface area is 101 Å². The Hall–Kier alpha value is -1.97. The Bertz CT molecular complexity index is 405. The van der Waals surface area contributed by atoms with Gasteiger partial charge in [0.15, 0.2) is 0 Å². The van der Waals surface area contributed by atoms with E-state index < -0.39 is 6.03 Å². The zero-order valence-electron chi connectivity index (χ0n) is 9.58. The minimum Gasteiger partial charge on any atom is -0.486 e. The maximum Gasteiger partial charge on any atom is 0.315 e. The van der Waals surface area contributed by atoms with E-state index in [0.717, 1.165) is 5.75 Å². The molecular weight excluding hydrogens is 216 g/mol. The highest BCUT2D eigenvalue weighted by molar-refractivity contribution is 5.73. The van der Waals surface area contributed by atoms with Gasteiger partial charge in [0.25, 0.3) is 0 Å². The molecule has 0 aliphatic carbocycles. The van der Waals surface area contributed by atoms with Gasteiger partial charge in [-0.2, -0.15) is 0 Å². The van der Waals surface area contributed by atoms with Crippen LogP contribution in [0.3, 0.4) is 0 Å². The molecule has 2 amide bonds. The second-order valence-electron chi connectivity index (χ2n) is 4.05. The molecule has 4 nitrogen and oxygen atoms in total. The van der Waals surface area contributed by atoms with Gasteiger partial charge in [0, 0.05) is 0 Å². The third-order valence-corrected chi connectivity index (χ3v) is 2.93. The molecule has 2 N–H and O–H groups in total. The first kappa shape index (κ1) is 11.5. The van der Waals surface area contributed by atoms with Crippen LogP contribution in [-0.2, 0) is 0 Å². The number of urea groups is 1. The number of likely N-dealkylation sites (tertiary alicyclic amines) is 1. The number of rotatable bonds is 4. The maximum absolute atomic E-state index is 11.1. The quantitative estimate of drug-likeness (QED) is 0.804. The molecule has 1 aliphatic heterocycles. The van der Waals surface area contributed by atoms with E-state index in [-0.39, 0.29) is 12.1 Å². The zero-order valence-corrected chi connectivity index (χ0v) is 9.58. The van der Waals surface area contributed by atoms with Crippen molar-refractivity contribution in [2.45, 2.75) is 18.6 Å². The number of amides is 2. The van der Waals surface area contributed by atoms with Crippen LogP contribution < -0.4 is 10.5 Å². The number of nitrogens with zero attached hydrogens (tertiary/aromatic N) is 1. The highest BCUT2D eigenvalue weighted by Crippen LogP contribution is 2.26. The fourth-order valence-electron chi connectivity index (χ4n) is 2.01. The number of hydrogen-bond acceptors (Lipinski definition) is 2. The molecule has 90 valence electrons. The fourth-order valence-corrected chi connectivity index (χ4v) is 2.01. The second-order valence-corrected chi connectivity index (χ2v) is 4.05. The molecule has 1 fully saturated rings. The Balaban J connectivity index is 1.98. The molecule has 0 radical (unpaired) electrons. The first-order valence-electron chi connectivity index (χ1n) is 5.61. The Kier molecular flexibility index (Phi) is 3.32. The number of carbonyl (C=O) groups is 1. The summed E-state index contributed by atoms with van der Waals surface area (Å²) in [5, 5.41) is 0. The van der Waals surface area contributed by atoms with E-state index in [1.54, 1.807) is 11.0 Å². The molecule has 0 bridgehead atoms. The van der Waals surface area contributed by atoms with Crippen molar-refractivity contribution in [3.63, 3.8) is 0 Å². The van der Waals surface area contributed by atoms with Crippen LogP contribution in [0.4, 0.5) is 4.79 Å². The third kappa shape index (κ3) is 2.41. The zero-order chi connectivity index (χ0) is 12.3. The van der Waals surface area contributed by atoms with Crippen molar-refractivity contribution >= 4 is 6.03 Å². The Morgan fingerprint density at radius 3 is 2.82 bits per heavy atom. The minimum atomic E-state index is -0.398. The van der Waals surface area contributed by atoms with E-state index in [0.29, 0.717) is 13.0 Å². The van der Waals surface area contributed by atoms with Gasteiger partial charge in [-0.1, -0.05) is 24.3 Å². The number of carbonyl (C=O) groups excluding carboxylic acids is 1. The van der Waals surface area contributed by atoms with E-state index >= 15 is 0 Å². The van der Waals surface area contributed by atoms with Crippen LogP contribution in [-0.4, -0.2) is 29.6 Å². The van der Waals surface area contributed by atoms with Gasteiger partial charge >= 0.3 is 6.03 Å². The van der Waals surface area contributed by atoms with Crippen LogP contribution >= 0.6 is 0 Å². The number of ether oxygens (including phenoxy) is 1. The molecule has 1 saturated heterocycles. The first-order valence-corrected chi connectivity index (χ1v) is 5.61. The van der Waals surface area contributed by atoms with Gasteiger partial charge in [-0.05, 0) is 18.6 Å². The molecular formula is C13H16N2O2. The topological polar surface area (TPSA) is 55.6 Å². The monoisotopic (exact) mass is 232 g/mol. The average molecular weight is 232 g/mol. The van der Waals surface area contributed by atoms with Crippen LogP contribution in [0.25, 0.3) is 0 Å². The lowest BCUT2D eigenvalue weighted by atomic mass is 9.96. The number of nitrogens with two attached hydrogens (primary N) is 1. The summed E-state index contributed by atoms with van der Waals surface area (Å²) in [6.45, 7) is 4.23. The Morgan fingerprint density at radius 2 is 2.24 bits per heavy atom. The predicted molar refractivity (Wildman–Crippen MR) is 65.7 cm³/mol. The van der Waals surface area contributed by atoms with Gasteiger partial charge in [-0.3, -0.25) is 0 Å². The largest absolute Gasteiger partial charge is 0.486 e. The molecule has 1 aromatic rings. The lowest BCUT2D eigenvalue weighted by Gasteiger charge is -2.46. The van der Waals surface area contributed by atoms with E-state index in [1.165, 1.54) is 0 Å². The van der Waals surface area contributed by atoms with Crippen molar-refractivity contribution in [3.8, 4) is 5.75 Å². The number of para-hydroxylation sites is 1. The van der Waals surface area contributed by atoms with E-state index in [4.69, 9.17) is 10.5 Å². The molecule has 4 heteroatoms. The molecule has 1 aliphatic rings. The minimum absolute atomic E-state index is 0.00269. The van der Waals surface area contributed by atoms with Gasteiger partial charge in [-0.25, -0.2) is 4.79 Å². The molecule has 0 saturated carbocycles. The molecule has 17 heavy (non-hydrogen) atoms. The second kappa shape index (κ2) is 4.91. The van der Waals surface area contributed by atoms with Crippen molar-refractivity contribution in [2.24, 2.45) is 5.73 Å². The lowest BCUT2D eigenvalue weighted by molar-refractivity contribution is -0.0122. The highest BCUT2D eigenvalue weighted by Gasteiger charge is 2.41. The molecule has 1 aromatic carbocycles. The first-order chi connectivity index (χ1) is 8.22. The van der Waals surface area contributed by atoms with Crippen LogP contribution in [0.2, 0.25) is 0 Å². The normalized spacial score (nSPS) is 22.7. The van der Waals surface area contributed by atoms with Crippen molar-refractivity contribution in [1.29, 1.82) is 0 Å². The predicted octanol–water partition coefficient (Wildman–Crippen LogP) is 1.77. The van der Waals surface area contributed by atoms with Crippen molar-refractivity contribution < 1.29 is 9.53 Å². The highest BCUT2D eigenvalue weighted by atomic mass is 16.5. The average Bonchev–Trinajstić information content (AvgIpc) is 2.32. The van der Waals surface area contributed by atoms with Crippen molar-refractivity contribution in [2.75, 3.05) is 6.54 Å². The maximum atomic E-state index is 11.1. The molecule has 2 rings (SSSR count). The number of primary amides is 1. The number of benzene rings is 1. The van der Waals surface area contributed by atoms with Crippen molar-refractivity contribution in [1.82, 2.24) is 4.90 Å². The van der Waals surface area contributed by atoms with Gasteiger partial charge in [0.2, 0.25) is 0 Å². The van der Waals surface area contributed by atoms with E-state index in [1.807, 2.05) is 30.3 Å². The molecule has 2 atom stereocenters. The molecule has 2 unspecified atom stereocenters. The summed E-state index contributed by atoms with van der Waals surface area (Å²) in [4.78, 5) is 12.7. The number of hydrogen-bond donors (Lipinski definition) is 1. The summed E-state index contributed by atoms with van der Waals surface area (Å²) in [6, 6.07) is 9.18. The molecule has 0 spiro atoms. The lowest BCUT2D eigenvalue weighted by Crippen LogP contribution is -2.65. The summed E-state index contributed by atoms with van der Waals surface area (Å²) < 4.78 is 5.80. The SMILES string of the molecule is C=CCC1C(Oc2ccccc2)CN1C(N)=O. The Morgan fingerprint density at radius 1 is 1.53 bits per heavy atom. The van der Waals surface area contributed by atoms with Crippen LogP contribution in [0.1, 0.15) is 6.42 Å². The molecule has 1 heterocycles. The van der Waals surface area contributed by atoms with Crippen LogP contribution in [0.5, 0.6) is 5.75 Å². The van der Waals surface area contributed by atoms with Gasteiger partial charge in [0.1, 0.15) is 11.9 Å². The van der Waals surface area contributed by atoms with Gasteiger partial charge < -0.3 is 15.4 Å². The summed E-state index contributed by atoms with van der Waals surface area (Å²) in [5.41, 5.74) is 5.27. The summed E-state index contributed by atoms with van der Waals surface area (Å²) in [6.07, 6.45) is 2.48. The third-order valence-electron chi connectivity index (χ3n) is 2.93. The summed E-state index contributed by atoms with van der Waals surface area (Å²) in [7, 11) is 0. The standard InChI is InChI=1S/C13H16N2O2/c1-2-6-11-12(9-15(11)13(14)16)17-10-7-4-3-5-8-10/h2-5,7-8,11-12H,1,6,9H2,(H2,14,16). The smallest absolute Gasteiger partial charge is 0.315 e. The van der Waals surface area contributed by atoms with E-state index in [2.05, 4.69) is 6.58 Å². The van der Waals surface area contributed by atoms with Crippen LogP contribution in [0.15, 0.2) is 43.0 Å². The van der Waals surface area contributed by atoms with Crippen molar-refractivity contribution in [3.05, 3.63) is 43.0 Å². The fraction of sp³-hybridized carbons (Fsp3) is 0.308.